The molecule has 0 aliphatic rings. The third-order valence-electron chi connectivity index (χ3n) is 0. The Balaban J connectivity index is -0.00000000694. The van der Waals surface area contributed by atoms with Crippen molar-refractivity contribution in [1.82, 2.24) is 6.15 Å². The Morgan fingerprint density at radius 2 is 0.273 bits per heavy atom. The van der Waals surface area contributed by atoms with Gasteiger partial charge >= 0.3 is 0 Å². The Hall–Kier alpha value is -1.34. The second-order valence-electron chi connectivity index (χ2n) is 0. The first-order valence-electron chi connectivity index (χ1n) is 2.50. The number of rotatable bonds is 0. The monoisotopic (exact) mass is 157 g/mol. The molecule has 0 aliphatic carbocycles. The predicted octanol–water partition coefficient (Wildman–Crippen LogP) is 4.17. The summed E-state index contributed by atoms with van der Waals surface area (Å²) in [5, 5.41) is 0. The van der Waals surface area contributed by atoms with Gasteiger partial charge in [0.25, 0.3) is 0 Å². The summed E-state index contributed by atoms with van der Waals surface area (Å²) < 4.78 is 0. The van der Waals surface area contributed by atoms with E-state index < -0.39 is 0 Å². The van der Waals surface area contributed by atoms with Crippen molar-refractivity contribution in [3.05, 3.63) is 65.8 Å². The molecule has 11 heavy (non-hydrogen) atoms. The van der Waals surface area contributed by atoms with E-state index in [0.717, 1.165) is 0 Å². The van der Waals surface area contributed by atoms with Gasteiger partial charge in [-0.3, -0.25) is 0 Å². The van der Waals surface area contributed by atoms with Gasteiger partial charge in [0.1, 0.15) is 0 Å². The van der Waals surface area contributed by atoms with Gasteiger partial charge in [-0.05, 0) is 0 Å². The zero-order valence-electron chi connectivity index (χ0n) is 7.78. The van der Waals surface area contributed by atoms with E-state index in [0.29, 0.717) is 0 Å². The highest BCUT2D eigenvalue weighted by Crippen LogP contribution is 0.870. The molecule has 0 fully saturated rings. The second kappa shape index (κ2) is 283. The zero-order valence-corrected chi connectivity index (χ0v) is 7.78. The summed E-state index contributed by atoms with van der Waals surface area (Å²) in [5.74, 6) is 0. The summed E-state index contributed by atoms with van der Waals surface area (Å²) in [4.78, 5) is 0. The molecule has 0 saturated heterocycles. The maximum Gasteiger partial charge on any atom is -0.106 e. The molecule has 0 bridgehead atoms. The topological polar surface area (TPSA) is 35.0 Å². The van der Waals surface area contributed by atoms with Crippen LogP contribution in [0.3, 0.4) is 0 Å². The van der Waals surface area contributed by atoms with E-state index >= 15 is 0 Å². The molecule has 0 amide bonds. The average molecular weight is 157 g/mol. The van der Waals surface area contributed by atoms with Gasteiger partial charge in [0, 0.05) is 0 Å². The van der Waals surface area contributed by atoms with Crippen LogP contribution in [0.1, 0.15) is 0 Å². The van der Waals surface area contributed by atoms with Crippen molar-refractivity contribution in [3.8, 4) is 0 Å². The van der Waals surface area contributed by atoms with Crippen LogP contribution in [0.2, 0.25) is 0 Å². The Labute approximate surface area is 72.7 Å². The first-order chi connectivity index (χ1) is 5.00. The summed E-state index contributed by atoms with van der Waals surface area (Å²) in [6.07, 6.45) is 0. The first-order valence-corrected chi connectivity index (χ1v) is 2.50. The summed E-state index contributed by atoms with van der Waals surface area (Å²) in [6, 6.07) is 0. The van der Waals surface area contributed by atoms with Crippen molar-refractivity contribution < 1.29 is 0 Å². The molecule has 0 radical (unpaired) electrons. The minimum Gasteiger partial charge on any atom is -0.344 e. The largest absolute Gasteiger partial charge is 0.344 e. The average Bonchev–Trinajstić information content (AvgIpc) is 2.20. The lowest BCUT2D eigenvalue weighted by Crippen LogP contribution is -0.552. The van der Waals surface area contributed by atoms with E-state index in [-0.39, 0.29) is 6.15 Å². The van der Waals surface area contributed by atoms with Crippen molar-refractivity contribution in [2.45, 2.75) is 0 Å². The lowest BCUT2D eigenvalue weighted by molar-refractivity contribution is 2.13. The molecule has 0 aliphatic heterocycles. The first kappa shape index (κ1) is 54.1. The fraction of sp³-hybridized carbons (Fsp3) is 0. The van der Waals surface area contributed by atoms with Crippen LogP contribution in [0.5, 0.6) is 0 Å². The molecule has 1 nitrogen and oxygen atoms in total. The van der Waals surface area contributed by atoms with Gasteiger partial charge < -0.3 is 6.15 Å². The third kappa shape index (κ3) is 214. The molecule has 3 N–H and O–H groups in total. The molecule has 0 unspecified atom stereocenters. The molecule has 0 rings (SSSR count). The van der Waals surface area contributed by atoms with Gasteiger partial charge in [0.15, 0.2) is 0 Å². The molecule has 68 valence electrons. The predicted molar refractivity (Wildman–Crippen MR) is 61.3 cm³/mol. The maximum atomic E-state index is 3.00. The highest BCUT2D eigenvalue weighted by molar-refractivity contribution is 4.23. The van der Waals surface area contributed by atoms with Crippen molar-refractivity contribution in [3.63, 3.8) is 0 Å². The maximum absolute atomic E-state index is 3.00. The van der Waals surface area contributed by atoms with Crippen LogP contribution < -0.4 is 6.15 Å². The SMILES string of the molecule is C=C.C=C.C=C.C=C.C=C.N. The molecule has 1 heteroatoms. The quantitative estimate of drug-likeness (QED) is 0.526. The lowest BCUT2D eigenvalue weighted by atomic mass is 11.3. The zero-order chi connectivity index (χ0) is 10.0. The van der Waals surface area contributed by atoms with Crippen LogP contribution in [0.4, 0.5) is 0 Å². The summed E-state index contributed by atoms with van der Waals surface area (Å²) >= 11 is 0. The number of hydrogen-bond acceptors (Lipinski definition) is 1. The van der Waals surface area contributed by atoms with Crippen LogP contribution in [0, 0.1) is 0 Å². The standard InChI is InChI=1S/5C2H4.H3N/c5*1-2;/h5*1-2H2;1H3. The minimum absolute atomic E-state index is 0. The van der Waals surface area contributed by atoms with Crippen molar-refractivity contribution in [1.29, 1.82) is 0 Å². The Kier molecular flexibility index (Phi) is 1390. The third-order valence-corrected chi connectivity index (χ3v) is 0. The van der Waals surface area contributed by atoms with Crippen molar-refractivity contribution >= 4 is 0 Å². The fourth-order valence-electron chi connectivity index (χ4n) is 0. The van der Waals surface area contributed by atoms with Crippen molar-refractivity contribution in [2.24, 2.45) is 0 Å². The van der Waals surface area contributed by atoms with Crippen molar-refractivity contribution in [2.75, 3.05) is 0 Å². The highest BCUT2D eigenvalue weighted by atomic mass is 14.0. The van der Waals surface area contributed by atoms with E-state index in [1.807, 2.05) is 0 Å². The molecule has 0 aromatic carbocycles. The second-order valence-corrected chi connectivity index (χ2v) is 0. The van der Waals surface area contributed by atoms with Crippen LogP contribution >= 0.6 is 0 Å². The van der Waals surface area contributed by atoms with E-state index in [1.54, 1.807) is 0 Å². The Bertz CT molecular complexity index is 16.4. The molecule has 0 heterocycles. The summed E-state index contributed by atoms with van der Waals surface area (Å²) in [6.45, 7) is 30.0. The molecule has 0 aromatic heterocycles. The van der Waals surface area contributed by atoms with Gasteiger partial charge in [-0.25, -0.2) is 0 Å². The molecule has 0 atom stereocenters. The highest BCUT2D eigenvalue weighted by Gasteiger charge is 0.609. The van der Waals surface area contributed by atoms with Crippen LogP contribution in [-0.2, 0) is 0 Å². The molecule has 0 spiro atoms. The van der Waals surface area contributed by atoms with Gasteiger partial charge in [0.05, 0.1) is 0 Å². The van der Waals surface area contributed by atoms with Crippen LogP contribution in [0.15, 0.2) is 65.8 Å². The molecule has 0 aromatic rings. The molecular formula is C10H23N. The lowest BCUT2D eigenvalue weighted by Gasteiger charge is -0.813. The van der Waals surface area contributed by atoms with Gasteiger partial charge in [0.2, 0.25) is 0 Å². The van der Waals surface area contributed by atoms with E-state index in [1.165, 1.54) is 0 Å². The van der Waals surface area contributed by atoms with Crippen LogP contribution in [0.25, 0.3) is 0 Å². The van der Waals surface area contributed by atoms with Crippen LogP contribution in [-0.4, -0.2) is 0 Å². The Morgan fingerprint density at radius 1 is 0.273 bits per heavy atom. The summed E-state index contributed by atoms with van der Waals surface area (Å²) in [7, 11) is 0. The van der Waals surface area contributed by atoms with E-state index in [9.17, 15) is 0 Å². The van der Waals surface area contributed by atoms with Gasteiger partial charge in [-0.2, -0.15) is 0 Å². The van der Waals surface area contributed by atoms with Gasteiger partial charge in [-0.15, -0.1) is 65.8 Å². The minimum atomic E-state index is 0. The fourth-order valence-corrected chi connectivity index (χ4v) is 0. The normalized spacial score (nSPS) is 1.82. The Morgan fingerprint density at radius 3 is 0.273 bits per heavy atom. The van der Waals surface area contributed by atoms with E-state index in [2.05, 4.69) is 65.8 Å². The van der Waals surface area contributed by atoms with Gasteiger partial charge in [-0.1, -0.05) is 0 Å². The van der Waals surface area contributed by atoms with E-state index in [4.69, 9.17) is 0 Å². The molecular weight excluding hydrogens is 134 g/mol. The molecule has 0 saturated carbocycles. The summed E-state index contributed by atoms with van der Waals surface area (Å²) in [5.41, 5.74) is 0. The number of hydrogen-bond donors (Lipinski definition) is 1. The smallest absolute Gasteiger partial charge is 0.106 e.